The predicted octanol–water partition coefficient (Wildman–Crippen LogP) is 1.83. The van der Waals surface area contributed by atoms with Gasteiger partial charge in [-0.25, -0.2) is 9.78 Å². The Morgan fingerprint density at radius 3 is 2.94 bits per heavy atom. The highest BCUT2D eigenvalue weighted by Gasteiger charge is 2.28. The van der Waals surface area contributed by atoms with E-state index in [-0.39, 0.29) is 0 Å². The third-order valence-corrected chi connectivity index (χ3v) is 2.98. The van der Waals surface area contributed by atoms with Gasteiger partial charge in [0.25, 0.3) is 0 Å². The normalized spacial score (nSPS) is 20.8. The molecule has 1 fully saturated rings. The molecule has 0 bridgehead atoms. The highest BCUT2D eigenvalue weighted by Crippen LogP contribution is 2.23. The maximum absolute atomic E-state index is 11.1. The first-order chi connectivity index (χ1) is 7.68. The number of aryl methyl sites for hydroxylation is 1. The van der Waals surface area contributed by atoms with Crippen molar-refractivity contribution in [2.45, 2.75) is 32.2 Å². The second-order valence-electron chi connectivity index (χ2n) is 4.24. The van der Waals surface area contributed by atoms with Crippen LogP contribution in [0.2, 0.25) is 0 Å². The van der Waals surface area contributed by atoms with E-state index in [4.69, 9.17) is 5.11 Å². The minimum absolute atomic E-state index is 0.413. The van der Waals surface area contributed by atoms with Gasteiger partial charge in [-0.2, -0.15) is 0 Å². The summed E-state index contributed by atoms with van der Waals surface area (Å²) in [5, 5.41) is 9.16. The van der Waals surface area contributed by atoms with E-state index in [2.05, 4.69) is 4.98 Å². The number of nitrogens with zero attached hydrogens (tertiary/aromatic N) is 2. The summed E-state index contributed by atoms with van der Waals surface area (Å²) >= 11 is 0. The van der Waals surface area contributed by atoms with Crippen LogP contribution in [0.15, 0.2) is 18.3 Å². The molecule has 0 spiro atoms. The number of rotatable bonds is 2. The minimum Gasteiger partial charge on any atom is -0.480 e. The van der Waals surface area contributed by atoms with E-state index in [0.29, 0.717) is 6.42 Å². The second kappa shape index (κ2) is 4.51. The molecule has 1 aliphatic rings. The van der Waals surface area contributed by atoms with Gasteiger partial charge in [0.1, 0.15) is 11.9 Å². The van der Waals surface area contributed by atoms with E-state index in [0.717, 1.165) is 30.8 Å². The zero-order chi connectivity index (χ0) is 11.5. The zero-order valence-corrected chi connectivity index (χ0v) is 9.39. The minimum atomic E-state index is -0.748. The van der Waals surface area contributed by atoms with Gasteiger partial charge in [-0.15, -0.1) is 0 Å². The van der Waals surface area contributed by atoms with Crippen LogP contribution in [0.4, 0.5) is 5.82 Å². The molecular formula is C12H16N2O2. The monoisotopic (exact) mass is 220 g/mol. The van der Waals surface area contributed by atoms with Crippen LogP contribution >= 0.6 is 0 Å². The van der Waals surface area contributed by atoms with Crippen LogP contribution in [-0.2, 0) is 4.79 Å². The Bertz CT molecular complexity index is 375. The van der Waals surface area contributed by atoms with Gasteiger partial charge < -0.3 is 10.0 Å². The molecule has 4 nitrogen and oxygen atoms in total. The van der Waals surface area contributed by atoms with Crippen LogP contribution in [0.25, 0.3) is 0 Å². The predicted molar refractivity (Wildman–Crippen MR) is 61.6 cm³/mol. The fourth-order valence-electron chi connectivity index (χ4n) is 2.09. The van der Waals surface area contributed by atoms with Crippen molar-refractivity contribution in [3.8, 4) is 0 Å². The fraction of sp³-hybridized carbons (Fsp3) is 0.500. The molecule has 1 aromatic rings. The summed E-state index contributed by atoms with van der Waals surface area (Å²) in [5.74, 6) is 0.0276. The molecule has 0 amide bonds. The Balaban J connectivity index is 2.23. The first kappa shape index (κ1) is 10.9. The number of aromatic nitrogens is 1. The van der Waals surface area contributed by atoms with E-state index < -0.39 is 12.0 Å². The van der Waals surface area contributed by atoms with Gasteiger partial charge in [-0.1, -0.05) is 6.07 Å². The maximum atomic E-state index is 11.1. The molecule has 0 radical (unpaired) electrons. The number of aliphatic carboxylic acids is 1. The van der Waals surface area contributed by atoms with Gasteiger partial charge in [0.15, 0.2) is 0 Å². The third kappa shape index (κ3) is 2.15. The van der Waals surface area contributed by atoms with Gasteiger partial charge in [0.05, 0.1) is 0 Å². The Labute approximate surface area is 94.9 Å². The summed E-state index contributed by atoms with van der Waals surface area (Å²) in [6.07, 6.45) is 4.52. The van der Waals surface area contributed by atoms with Crippen LogP contribution in [0.1, 0.15) is 24.8 Å². The van der Waals surface area contributed by atoms with Gasteiger partial charge >= 0.3 is 5.97 Å². The smallest absolute Gasteiger partial charge is 0.326 e. The van der Waals surface area contributed by atoms with E-state index in [9.17, 15) is 4.79 Å². The number of anilines is 1. The van der Waals surface area contributed by atoms with Crippen LogP contribution in [0.3, 0.4) is 0 Å². The Kier molecular flexibility index (Phi) is 3.08. The average Bonchev–Trinajstić information content (AvgIpc) is 2.30. The van der Waals surface area contributed by atoms with Crippen LogP contribution in [0.5, 0.6) is 0 Å². The van der Waals surface area contributed by atoms with Crippen molar-refractivity contribution in [2.75, 3.05) is 11.4 Å². The molecule has 1 aliphatic heterocycles. The average molecular weight is 220 g/mol. The summed E-state index contributed by atoms with van der Waals surface area (Å²) in [6.45, 7) is 2.76. The molecule has 16 heavy (non-hydrogen) atoms. The van der Waals surface area contributed by atoms with Crippen LogP contribution in [0, 0.1) is 6.92 Å². The van der Waals surface area contributed by atoms with E-state index in [1.54, 1.807) is 6.20 Å². The van der Waals surface area contributed by atoms with Crippen molar-refractivity contribution < 1.29 is 9.90 Å². The zero-order valence-electron chi connectivity index (χ0n) is 9.39. The first-order valence-corrected chi connectivity index (χ1v) is 5.60. The van der Waals surface area contributed by atoms with Crippen molar-refractivity contribution in [2.24, 2.45) is 0 Å². The van der Waals surface area contributed by atoms with E-state index in [1.165, 1.54) is 0 Å². The first-order valence-electron chi connectivity index (χ1n) is 5.60. The number of hydrogen-bond donors (Lipinski definition) is 1. The summed E-state index contributed by atoms with van der Waals surface area (Å²) in [4.78, 5) is 17.3. The number of carbonyl (C=O) groups is 1. The highest BCUT2D eigenvalue weighted by molar-refractivity contribution is 5.77. The fourth-order valence-corrected chi connectivity index (χ4v) is 2.09. The third-order valence-electron chi connectivity index (χ3n) is 2.98. The van der Waals surface area contributed by atoms with Crippen LogP contribution in [-0.4, -0.2) is 28.6 Å². The summed E-state index contributed by atoms with van der Waals surface area (Å²) in [6, 6.07) is 3.45. The standard InChI is InChI=1S/C12H16N2O2/c1-9-5-6-11(13-8-9)14-7-3-2-4-10(14)12(15)16/h5-6,8,10H,2-4,7H2,1H3,(H,15,16)/t10-/m1/s1. The Hall–Kier alpha value is -1.58. The lowest BCUT2D eigenvalue weighted by molar-refractivity contribution is -0.139. The summed E-state index contributed by atoms with van der Waals surface area (Å²) in [7, 11) is 0. The second-order valence-corrected chi connectivity index (χ2v) is 4.24. The van der Waals surface area contributed by atoms with Gasteiger partial charge in [-0.3, -0.25) is 0 Å². The van der Waals surface area contributed by atoms with Crippen molar-refractivity contribution in [1.29, 1.82) is 0 Å². The molecule has 0 saturated carbocycles. The molecule has 0 unspecified atom stereocenters. The highest BCUT2D eigenvalue weighted by atomic mass is 16.4. The SMILES string of the molecule is Cc1ccc(N2CCCC[C@@H]2C(=O)O)nc1. The van der Waals surface area contributed by atoms with Gasteiger partial charge in [0, 0.05) is 12.7 Å². The van der Waals surface area contributed by atoms with E-state index >= 15 is 0 Å². The Morgan fingerprint density at radius 2 is 2.31 bits per heavy atom. The van der Waals surface area contributed by atoms with Crippen molar-refractivity contribution >= 4 is 11.8 Å². The molecule has 4 heteroatoms. The van der Waals surface area contributed by atoms with Crippen molar-refractivity contribution in [3.05, 3.63) is 23.9 Å². The quantitative estimate of drug-likeness (QED) is 0.826. The molecule has 1 aromatic heterocycles. The molecular weight excluding hydrogens is 204 g/mol. The maximum Gasteiger partial charge on any atom is 0.326 e. The summed E-state index contributed by atoms with van der Waals surface area (Å²) in [5.41, 5.74) is 1.09. The molecule has 1 saturated heterocycles. The largest absolute Gasteiger partial charge is 0.480 e. The number of pyridine rings is 1. The van der Waals surface area contributed by atoms with Gasteiger partial charge in [-0.05, 0) is 37.8 Å². The molecule has 2 heterocycles. The molecule has 1 N–H and O–H groups in total. The van der Waals surface area contributed by atoms with Crippen molar-refractivity contribution in [1.82, 2.24) is 4.98 Å². The molecule has 86 valence electrons. The van der Waals surface area contributed by atoms with Crippen molar-refractivity contribution in [3.63, 3.8) is 0 Å². The molecule has 0 aliphatic carbocycles. The lowest BCUT2D eigenvalue weighted by Crippen LogP contribution is -2.45. The van der Waals surface area contributed by atoms with Gasteiger partial charge in [0.2, 0.25) is 0 Å². The molecule has 0 aromatic carbocycles. The number of carboxylic acid groups (broad SMARTS) is 1. The number of hydrogen-bond acceptors (Lipinski definition) is 3. The number of piperidine rings is 1. The Morgan fingerprint density at radius 1 is 1.50 bits per heavy atom. The molecule has 1 atom stereocenters. The van der Waals surface area contributed by atoms with E-state index in [1.807, 2.05) is 24.0 Å². The summed E-state index contributed by atoms with van der Waals surface area (Å²) < 4.78 is 0. The number of carboxylic acids is 1. The topological polar surface area (TPSA) is 53.4 Å². The molecule has 2 rings (SSSR count). The lowest BCUT2D eigenvalue weighted by Gasteiger charge is -2.33. The lowest BCUT2D eigenvalue weighted by atomic mass is 10.0. The van der Waals surface area contributed by atoms with Crippen LogP contribution < -0.4 is 4.90 Å².